The van der Waals surface area contributed by atoms with E-state index in [-0.39, 0.29) is 17.0 Å². The molecule has 4 rings (SSSR count). The molecular weight excluding hydrogens is 342 g/mol. The molecule has 0 spiro atoms. The van der Waals surface area contributed by atoms with Crippen LogP contribution < -0.4 is 10.5 Å². The van der Waals surface area contributed by atoms with Gasteiger partial charge in [0.2, 0.25) is 0 Å². The SMILES string of the molecule is Cn1ncc2c(N3CCCC3Cn3nc(C(C)(C)C)ccc3=O)ncnc21. The second kappa shape index (κ2) is 6.44. The van der Waals surface area contributed by atoms with Gasteiger partial charge >= 0.3 is 0 Å². The number of hydrogen-bond acceptors (Lipinski definition) is 6. The van der Waals surface area contributed by atoms with Gasteiger partial charge in [-0.3, -0.25) is 9.48 Å². The van der Waals surface area contributed by atoms with Crippen LogP contribution in [-0.2, 0) is 19.0 Å². The number of aryl methyl sites for hydroxylation is 1. The Hall–Kier alpha value is -2.77. The maximum Gasteiger partial charge on any atom is 0.266 e. The number of aromatic nitrogens is 6. The molecule has 0 bridgehead atoms. The molecular formula is C19H25N7O. The van der Waals surface area contributed by atoms with Gasteiger partial charge in [0.1, 0.15) is 12.1 Å². The summed E-state index contributed by atoms with van der Waals surface area (Å²) in [5, 5.41) is 9.88. The van der Waals surface area contributed by atoms with Crippen molar-refractivity contribution in [1.29, 1.82) is 0 Å². The summed E-state index contributed by atoms with van der Waals surface area (Å²) >= 11 is 0. The molecule has 3 aromatic heterocycles. The highest BCUT2D eigenvalue weighted by molar-refractivity contribution is 5.86. The topological polar surface area (TPSA) is 81.7 Å². The molecule has 0 aliphatic carbocycles. The summed E-state index contributed by atoms with van der Waals surface area (Å²) in [5.74, 6) is 0.885. The van der Waals surface area contributed by atoms with Crippen LogP contribution >= 0.6 is 0 Å². The van der Waals surface area contributed by atoms with E-state index in [2.05, 4.69) is 45.8 Å². The van der Waals surface area contributed by atoms with E-state index >= 15 is 0 Å². The van der Waals surface area contributed by atoms with Crippen LogP contribution in [0, 0.1) is 0 Å². The highest BCUT2D eigenvalue weighted by Gasteiger charge is 2.29. The summed E-state index contributed by atoms with van der Waals surface area (Å²) in [6.45, 7) is 7.76. The third kappa shape index (κ3) is 3.20. The molecule has 1 saturated heterocycles. The quantitative estimate of drug-likeness (QED) is 0.703. The largest absolute Gasteiger partial charge is 0.351 e. The molecule has 142 valence electrons. The summed E-state index contributed by atoms with van der Waals surface area (Å²) in [4.78, 5) is 23.5. The fourth-order valence-corrected chi connectivity index (χ4v) is 3.66. The Morgan fingerprint density at radius 2 is 2.04 bits per heavy atom. The van der Waals surface area contributed by atoms with Crippen LogP contribution in [0.15, 0.2) is 29.5 Å². The Labute approximate surface area is 157 Å². The molecule has 1 unspecified atom stereocenters. The van der Waals surface area contributed by atoms with E-state index in [9.17, 15) is 4.79 Å². The average Bonchev–Trinajstić information content (AvgIpc) is 3.23. The molecule has 8 heteroatoms. The van der Waals surface area contributed by atoms with Gasteiger partial charge in [0, 0.05) is 25.1 Å². The molecule has 27 heavy (non-hydrogen) atoms. The molecule has 0 saturated carbocycles. The maximum absolute atomic E-state index is 12.4. The average molecular weight is 367 g/mol. The van der Waals surface area contributed by atoms with Gasteiger partial charge in [-0.15, -0.1) is 0 Å². The molecule has 1 atom stereocenters. The second-order valence-corrected chi connectivity index (χ2v) is 8.18. The van der Waals surface area contributed by atoms with Gasteiger partial charge in [-0.1, -0.05) is 20.8 Å². The smallest absolute Gasteiger partial charge is 0.266 e. The van der Waals surface area contributed by atoms with Crippen LogP contribution in [0.3, 0.4) is 0 Å². The van der Waals surface area contributed by atoms with Gasteiger partial charge in [-0.05, 0) is 18.9 Å². The normalized spacial score (nSPS) is 17.8. The fraction of sp³-hybridized carbons (Fsp3) is 0.526. The van der Waals surface area contributed by atoms with Crippen molar-refractivity contribution in [2.75, 3.05) is 11.4 Å². The van der Waals surface area contributed by atoms with Crippen molar-refractivity contribution in [1.82, 2.24) is 29.5 Å². The fourth-order valence-electron chi connectivity index (χ4n) is 3.66. The van der Waals surface area contributed by atoms with Crippen LogP contribution in [0.5, 0.6) is 0 Å². The Kier molecular flexibility index (Phi) is 4.20. The minimum Gasteiger partial charge on any atom is -0.351 e. The van der Waals surface area contributed by atoms with Gasteiger partial charge in [-0.25, -0.2) is 14.6 Å². The summed E-state index contributed by atoms with van der Waals surface area (Å²) in [6, 6.07) is 3.62. The summed E-state index contributed by atoms with van der Waals surface area (Å²) in [7, 11) is 1.88. The van der Waals surface area contributed by atoms with Crippen molar-refractivity contribution in [3.8, 4) is 0 Å². The first-order chi connectivity index (χ1) is 12.8. The second-order valence-electron chi connectivity index (χ2n) is 8.18. The number of fused-ring (bicyclic) bond motifs is 1. The van der Waals surface area contributed by atoms with Gasteiger partial charge in [0.05, 0.1) is 29.9 Å². The zero-order valence-electron chi connectivity index (χ0n) is 16.3. The highest BCUT2D eigenvalue weighted by atomic mass is 16.1. The minimum absolute atomic E-state index is 0.0657. The molecule has 0 amide bonds. The number of anilines is 1. The maximum atomic E-state index is 12.4. The minimum atomic E-state index is -0.0979. The lowest BCUT2D eigenvalue weighted by molar-refractivity contribution is 0.457. The molecule has 0 aromatic carbocycles. The van der Waals surface area contributed by atoms with Gasteiger partial charge in [0.15, 0.2) is 5.65 Å². The summed E-state index contributed by atoms with van der Waals surface area (Å²) < 4.78 is 3.36. The van der Waals surface area contributed by atoms with Crippen LogP contribution in [0.1, 0.15) is 39.3 Å². The Morgan fingerprint density at radius 3 is 2.81 bits per heavy atom. The van der Waals surface area contributed by atoms with Crippen LogP contribution in [0.4, 0.5) is 5.82 Å². The van der Waals surface area contributed by atoms with E-state index < -0.39 is 0 Å². The van der Waals surface area contributed by atoms with Crippen molar-refractivity contribution >= 4 is 16.9 Å². The van der Waals surface area contributed by atoms with Gasteiger partial charge < -0.3 is 4.90 Å². The van der Waals surface area contributed by atoms with E-state index in [0.717, 1.165) is 41.9 Å². The highest BCUT2D eigenvalue weighted by Crippen LogP contribution is 2.29. The third-order valence-corrected chi connectivity index (χ3v) is 5.18. The lowest BCUT2D eigenvalue weighted by Gasteiger charge is -2.27. The first kappa shape index (κ1) is 17.6. The lowest BCUT2D eigenvalue weighted by Crippen LogP contribution is -2.38. The number of hydrogen-bond donors (Lipinski definition) is 0. The molecule has 0 N–H and O–H groups in total. The molecule has 1 aliphatic rings. The molecule has 3 aromatic rings. The Morgan fingerprint density at radius 1 is 1.22 bits per heavy atom. The van der Waals surface area contributed by atoms with Crippen LogP contribution in [0.25, 0.3) is 11.0 Å². The van der Waals surface area contributed by atoms with Crippen LogP contribution in [0.2, 0.25) is 0 Å². The lowest BCUT2D eigenvalue weighted by atomic mass is 9.92. The van der Waals surface area contributed by atoms with Crippen molar-refractivity contribution in [2.24, 2.45) is 7.05 Å². The van der Waals surface area contributed by atoms with E-state index in [1.807, 2.05) is 19.3 Å². The van der Waals surface area contributed by atoms with E-state index in [1.54, 1.807) is 21.8 Å². The van der Waals surface area contributed by atoms with Crippen LogP contribution in [-0.4, -0.2) is 42.1 Å². The molecule has 8 nitrogen and oxygen atoms in total. The third-order valence-electron chi connectivity index (χ3n) is 5.18. The summed E-state index contributed by atoms with van der Waals surface area (Å²) in [6.07, 6.45) is 5.45. The first-order valence-electron chi connectivity index (χ1n) is 9.32. The van der Waals surface area contributed by atoms with Crippen molar-refractivity contribution in [2.45, 2.75) is 51.6 Å². The number of nitrogens with zero attached hydrogens (tertiary/aromatic N) is 7. The molecule has 4 heterocycles. The molecule has 1 fully saturated rings. The zero-order valence-corrected chi connectivity index (χ0v) is 16.3. The molecule has 1 aliphatic heterocycles. The van der Waals surface area contributed by atoms with E-state index in [1.165, 1.54) is 0 Å². The van der Waals surface area contributed by atoms with Crippen molar-refractivity contribution in [3.63, 3.8) is 0 Å². The van der Waals surface area contributed by atoms with E-state index in [0.29, 0.717) is 6.54 Å². The molecule has 0 radical (unpaired) electrons. The van der Waals surface area contributed by atoms with Gasteiger partial charge in [-0.2, -0.15) is 10.2 Å². The Bertz CT molecular complexity index is 1030. The van der Waals surface area contributed by atoms with Gasteiger partial charge in [0.25, 0.3) is 5.56 Å². The zero-order chi connectivity index (χ0) is 19.2. The number of rotatable bonds is 3. The standard InChI is InChI=1S/C19H25N7O/c1-19(2,3)15-7-8-16(27)26(23-15)11-13-6-5-9-25(13)18-14-10-22-24(4)17(14)20-12-21-18/h7-8,10,12-13H,5-6,9,11H2,1-4H3. The Balaban J connectivity index is 1.68. The predicted molar refractivity (Wildman–Crippen MR) is 104 cm³/mol. The van der Waals surface area contributed by atoms with Crippen molar-refractivity contribution < 1.29 is 0 Å². The monoisotopic (exact) mass is 367 g/mol. The van der Waals surface area contributed by atoms with Crippen molar-refractivity contribution in [3.05, 3.63) is 40.7 Å². The summed E-state index contributed by atoms with van der Waals surface area (Å²) in [5.41, 5.74) is 1.57. The predicted octanol–water partition coefficient (Wildman–Crippen LogP) is 1.89. The van der Waals surface area contributed by atoms with E-state index in [4.69, 9.17) is 0 Å². The first-order valence-corrected chi connectivity index (χ1v) is 9.32.